The van der Waals surface area contributed by atoms with Crippen molar-refractivity contribution in [2.75, 3.05) is 24.6 Å². The van der Waals surface area contributed by atoms with Gasteiger partial charge in [0, 0.05) is 25.2 Å². The smallest absolute Gasteiger partial charge is 0.165 e. The zero-order valence-electron chi connectivity index (χ0n) is 11.8. The van der Waals surface area contributed by atoms with Gasteiger partial charge in [0.1, 0.15) is 6.61 Å². The van der Waals surface area contributed by atoms with Crippen molar-refractivity contribution in [3.63, 3.8) is 0 Å². The van der Waals surface area contributed by atoms with Crippen molar-refractivity contribution < 1.29 is 9.13 Å². The molecule has 4 heterocycles. The summed E-state index contributed by atoms with van der Waals surface area (Å²) in [4.78, 5) is 2.41. The number of anilines is 1. The maximum absolute atomic E-state index is 13.5. The highest BCUT2D eigenvalue weighted by molar-refractivity contribution is 5.55. The molecule has 2 bridgehead atoms. The number of halogens is 1. The topological polar surface area (TPSA) is 30.3 Å². The molecule has 3 aliphatic rings. The molecule has 0 aliphatic carbocycles. The number of hydrogen-bond donors (Lipinski definition) is 0. The Morgan fingerprint density at radius 3 is 2.81 bits per heavy atom. The first-order valence-corrected chi connectivity index (χ1v) is 7.51. The van der Waals surface area contributed by atoms with Crippen molar-refractivity contribution >= 4 is 5.69 Å². The Hall–Kier alpha value is -2.04. The summed E-state index contributed by atoms with van der Waals surface area (Å²) in [5, 5.41) is 4.69. The fourth-order valence-electron chi connectivity index (χ4n) is 3.28. The van der Waals surface area contributed by atoms with Crippen LogP contribution in [0.15, 0.2) is 30.5 Å². The highest BCUT2D eigenvalue weighted by atomic mass is 19.1. The van der Waals surface area contributed by atoms with Gasteiger partial charge < -0.3 is 9.64 Å². The van der Waals surface area contributed by atoms with Gasteiger partial charge >= 0.3 is 0 Å². The normalized spacial score (nSPS) is 17.1. The fraction of sp³-hybridized carbons (Fsp3) is 0.438. The van der Waals surface area contributed by atoms with Crippen molar-refractivity contribution in [1.82, 2.24) is 9.78 Å². The zero-order chi connectivity index (χ0) is 14.2. The van der Waals surface area contributed by atoms with Gasteiger partial charge in [-0.15, -0.1) is 0 Å². The standard InChI is InChI=1S/C16H18FN3O/c17-13-3-1-2-4-15(13)21-10-9-20-11-14-16(18-20)12-5-7-19(14)8-6-12/h1-4,11-12H,5-10H2. The molecule has 1 aromatic carbocycles. The molecular weight excluding hydrogens is 269 g/mol. The van der Waals surface area contributed by atoms with E-state index in [9.17, 15) is 4.39 Å². The number of fused-ring (bicyclic) bond motifs is 2. The molecule has 21 heavy (non-hydrogen) atoms. The molecule has 110 valence electrons. The van der Waals surface area contributed by atoms with Crippen LogP contribution in [0.2, 0.25) is 0 Å². The molecule has 5 rings (SSSR count). The molecule has 2 aromatic rings. The SMILES string of the molecule is Fc1ccccc1OCCn1cc2c(n1)C1CCN2CC1. The number of ether oxygens (including phenoxy) is 1. The molecule has 3 aliphatic heterocycles. The van der Waals surface area contributed by atoms with E-state index >= 15 is 0 Å². The van der Waals surface area contributed by atoms with Gasteiger partial charge in [0.25, 0.3) is 0 Å². The van der Waals surface area contributed by atoms with Gasteiger partial charge in [-0.2, -0.15) is 5.10 Å². The van der Waals surface area contributed by atoms with Gasteiger partial charge in [0.2, 0.25) is 0 Å². The minimum atomic E-state index is -0.318. The van der Waals surface area contributed by atoms with Crippen molar-refractivity contribution in [2.24, 2.45) is 0 Å². The van der Waals surface area contributed by atoms with Crippen LogP contribution < -0.4 is 9.64 Å². The summed E-state index contributed by atoms with van der Waals surface area (Å²) in [6, 6.07) is 6.49. The quantitative estimate of drug-likeness (QED) is 0.866. The van der Waals surface area contributed by atoms with Gasteiger partial charge in [-0.05, 0) is 25.0 Å². The molecule has 4 nitrogen and oxygen atoms in total. The van der Waals surface area contributed by atoms with Crippen molar-refractivity contribution in [1.29, 1.82) is 0 Å². The van der Waals surface area contributed by atoms with Crippen LogP contribution in [0.4, 0.5) is 10.1 Å². The van der Waals surface area contributed by atoms with Gasteiger partial charge in [-0.3, -0.25) is 4.68 Å². The molecular formula is C16H18FN3O. The molecule has 1 aromatic heterocycles. The molecule has 1 fully saturated rings. The van der Waals surface area contributed by atoms with E-state index in [1.54, 1.807) is 18.2 Å². The minimum Gasteiger partial charge on any atom is -0.489 e. The van der Waals surface area contributed by atoms with E-state index in [4.69, 9.17) is 4.74 Å². The number of piperidine rings is 1. The Morgan fingerprint density at radius 1 is 1.24 bits per heavy atom. The molecule has 0 saturated carbocycles. The van der Waals surface area contributed by atoms with Gasteiger partial charge in [0.05, 0.1) is 17.9 Å². The maximum atomic E-state index is 13.5. The number of para-hydroxylation sites is 1. The molecule has 1 saturated heterocycles. The first kappa shape index (κ1) is 12.7. The molecule has 0 N–H and O–H groups in total. The highest BCUT2D eigenvalue weighted by Gasteiger charge is 2.33. The van der Waals surface area contributed by atoms with Crippen LogP contribution >= 0.6 is 0 Å². The highest BCUT2D eigenvalue weighted by Crippen LogP contribution is 2.40. The predicted octanol–water partition coefficient (Wildman–Crippen LogP) is 2.80. The van der Waals surface area contributed by atoms with Crippen LogP contribution in [0.3, 0.4) is 0 Å². The van der Waals surface area contributed by atoms with Gasteiger partial charge in [-0.1, -0.05) is 12.1 Å². The Kier molecular flexibility index (Phi) is 3.05. The lowest BCUT2D eigenvalue weighted by Gasteiger charge is -2.38. The number of nitrogens with zero attached hydrogens (tertiary/aromatic N) is 3. The number of aromatic nitrogens is 2. The van der Waals surface area contributed by atoms with E-state index < -0.39 is 0 Å². The second-order valence-electron chi connectivity index (χ2n) is 5.70. The van der Waals surface area contributed by atoms with Crippen LogP contribution in [0.1, 0.15) is 24.5 Å². The van der Waals surface area contributed by atoms with E-state index in [0.717, 1.165) is 13.1 Å². The van der Waals surface area contributed by atoms with Crippen LogP contribution in [0.25, 0.3) is 0 Å². The predicted molar refractivity (Wildman–Crippen MR) is 78.3 cm³/mol. The summed E-state index contributed by atoms with van der Waals surface area (Å²) >= 11 is 0. The van der Waals surface area contributed by atoms with Crippen LogP contribution in [-0.4, -0.2) is 29.5 Å². The molecule has 0 amide bonds. The van der Waals surface area contributed by atoms with Gasteiger partial charge in [0.15, 0.2) is 11.6 Å². The zero-order valence-corrected chi connectivity index (χ0v) is 11.8. The monoisotopic (exact) mass is 287 g/mol. The average Bonchev–Trinajstić information content (AvgIpc) is 2.96. The summed E-state index contributed by atoms with van der Waals surface area (Å²) in [5.74, 6) is 0.610. The van der Waals surface area contributed by atoms with Crippen molar-refractivity contribution in [2.45, 2.75) is 25.3 Å². The molecule has 0 spiro atoms. The van der Waals surface area contributed by atoms with Gasteiger partial charge in [-0.25, -0.2) is 4.39 Å². The third kappa shape index (κ3) is 2.26. The van der Waals surface area contributed by atoms with E-state index in [0.29, 0.717) is 24.8 Å². The second kappa shape index (κ2) is 5.06. The van der Waals surface area contributed by atoms with Crippen molar-refractivity contribution in [3.05, 3.63) is 42.0 Å². The maximum Gasteiger partial charge on any atom is 0.165 e. The molecule has 5 heteroatoms. The van der Waals surface area contributed by atoms with Crippen LogP contribution in [0.5, 0.6) is 5.75 Å². The van der Waals surface area contributed by atoms with Crippen molar-refractivity contribution in [3.8, 4) is 5.75 Å². The lowest BCUT2D eigenvalue weighted by molar-refractivity contribution is 0.277. The Morgan fingerprint density at radius 2 is 2.05 bits per heavy atom. The summed E-state index contributed by atoms with van der Waals surface area (Å²) in [5.41, 5.74) is 2.52. The second-order valence-corrected chi connectivity index (χ2v) is 5.70. The average molecular weight is 287 g/mol. The van der Waals surface area contributed by atoms with Crippen LogP contribution in [-0.2, 0) is 6.54 Å². The Balaban J connectivity index is 1.42. The largest absolute Gasteiger partial charge is 0.489 e. The summed E-state index contributed by atoms with van der Waals surface area (Å²) < 4.78 is 20.9. The molecule has 0 unspecified atom stereocenters. The summed E-state index contributed by atoms with van der Waals surface area (Å²) in [6.07, 6.45) is 4.54. The molecule has 0 radical (unpaired) electrons. The molecule has 0 atom stereocenters. The Bertz CT molecular complexity index is 617. The van der Waals surface area contributed by atoms with Crippen LogP contribution in [0, 0.1) is 5.82 Å². The van der Waals surface area contributed by atoms with E-state index in [-0.39, 0.29) is 5.82 Å². The lowest BCUT2D eigenvalue weighted by Crippen LogP contribution is -2.38. The third-order valence-corrected chi connectivity index (χ3v) is 4.41. The number of hydrogen-bond acceptors (Lipinski definition) is 3. The first-order chi connectivity index (χ1) is 10.3. The summed E-state index contributed by atoms with van der Waals surface area (Å²) in [7, 11) is 0. The minimum absolute atomic E-state index is 0.304. The van der Waals surface area contributed by atoms with E-state index in [1.807, 2.05) is 4.68 Å². The number of benzene rings is 1. The van der Waals surface area contributed by atoms with E-state index in [1.165, 1.54) is 30.3 Å². The Labute approximate surface area is 123 Å². The first-order valence-electron chi connectivity index (χ1n) is 7.51. The van der Waals surface area contributed by atoms with E-state index in [2.05, 4.69) is 16.2 Å². The third-order valence-electron chi connectivity index (χ3n) is 4.41. The fourth-order valence-corrected chi connectivity index (χ4v) is 3.28. The number of rotatable bonds is 4. The summed E-state index contributed by atoms with van der Waals surface area (Å²) in [6.45, 7) is 3.36. The lowest BCUT2D eigenvalue weighted by atomic mass is 9.88.